The van der Waals surface area contributed by atoms with Crippen molar-refractivity contribution in [1.29, 1.82) is 0 Å². The van der Waals surface area contributed by atoms with Crippen LogP contribution >= 0.6 is 0 Å². The molecule has 0 atom stereocenters. The van der Waals surface area contributed by atoms with E-state index >= 15 is 0 Å². The number of esters is 2. The lowest BCUT2D eigenvalue weighted by molar-refractivity contribution is -0.146. The molecule has 0 saturated heterocycles. The highest BCUT2D eigenvalue weighted by atomic mass is 16.5. The molecule has 0 saturated carbocycles. The maximum absolute atomic E-state index is 11.4. The molecule has 8 heteroatoms. The predicted octanol–water partition coefficient (Wildman–Crippen LogP) is 3.18. The van der Waals surface area contributed by atoms with Crippen LogP contribution in [0.5, 0.6) is 0 Å². The summed E-state index contributed by atoms with van der Waals surface area (Å²) in [4.78, 5) is 42.0. The van der Waals surface area contributed by atoms with Gasteiger partial charge in [0.05, 0.1) is 7.11 Å². The normalized spacial score (nSPS) is 9.61. The zero-order chi connectivity index (χ0) is 21.2. The number of unbranched alkanes of at least 4 members (excludes halogenated alkanes) is 2. The van der Waals surface area contributed by atoms with Crippen molar-refractivity contribution in [3.8, 4) is 0 Å². The van der Waals surface area contributed by atoms with Crippen LogP contribution in [-0.4, -0.2) is 41.2 Å². The third-order valence-electron chi connectivity index (χ3n) is 3.51. The molecule has 1 rings (SSSR count). The van der Waals surface area contributed by atoms with Gasteiger partial charge in [0.1, 0.15) is 6.61 Å². The van der Waals surface area contributed by atoms with E-state index in [9.17, 15) is 19.2 Å². The summed E-state index contributed by atoms with van der Waals surface area (Å²) in [5.41, 5.74) is 0.973. The maximum atomic E-state index is 11.4. The Hall–Kier alpha value is -2.90. The van der Waals surface area contributed by atoms with E-state index < -0.39 is 11.9 Å². The maximum Gasteiger partial charge on any atom is 0.306 e. The molecule has 0 amide bonds. The highest BCUT2D eigenvalue weighted by molar-refractivity contribution is 5.70. The van der Waals surface area contributed by atoms with E-state index in [1.54, 1.807) is 0 Å². The van der Waals surface area contributed by atoms with Crippen LogP contribution in [-0.2, 0) is 35.3 Å². The number of hydrogen-bond donors (Lipinski definition) is 2. The number of carbonyl (C=O) groups is 4. The van der Waals surface area contributed by atoms with Gasteiger partial charge in [0, 0.05) is 25.7 Å². The lowest BCUT2D eigenvalue weighted by Gasteiger charge is -2.04. The van der Waals surface area contributed by atoms with Gasteiger partial charge in [-0.25, -0.2) is 0 Å². The van der Waals surface area contributed by atoms with Crippen molar-refractivity contribution in [2.75, 3.05) is 7.11 Å². The summed E-state index contributed by atoms with van der Waals surface area (Å²) in [5, 5.41) is 16.3. The zero-order valence-electron chi connectivity index (χ0n) is 16.1. The van der Waals surface area contributed by atoms with Gasteiger partial charge in [-0.1, -0.05) is 30.3 Å². The third kappa shape index (κ3) is 16.6. The Morgan fingerprint density at radius 2 is 1.21 bits per heavy atom. The summed E-state index contributed by atoms with van der Waals surface area (Å²) in [5.74, 6) is -2.22. The highest BCUT2D eigenvalue weighted by Crippen LogP contribution is 2.05. The van der Waals surface area contributed by atoms with E-state index in [2.05, 4.69) is 4.74 Å². The zero-order valence-corrected chi connectivity index (χ0v) is 16.1. The summed E-state index contributed by atoms with van der Waals surface area (Å²) in [6, 6.07) is 9.53. The van der Waals surface area contributed by atoms with Gasteiger partial charge in [0.2, 0.25) is 0 Å². The first kappa shape index (κ1) is 25.1. The Labute approximate surface area is 164 Å². The quantitative estimate of drug-likeness (QED) is 0.407. The third-order valence-corrected chi connectivity index (χ3v) is 3.51. The minimum atomic E-state index is -0.870. The second-order valence-corrected chi connectivity index (χ2v) is 5.92. The fraction of sp³-hybridized carbons (Fsp3) is 0.500. The van der Waals surface area contributed by atoms with E-state index in [4.69, 9.17) is 14.9 Å². The molecule has 0 fully saturated rings. The first-order chi connectivity index (χ1) is 13.3. The first-order valence-corrected chi connectivity index (χ1v) is 9.05. The average Bonchev–Trinajstić information content (AvgIpc) is 2.68. The number of carboxylic acids is 2. The minimum absolute atomic E-state index is 0.0628. The van der Waals surface area contributed by atoms with Gasteiger partial charge in [-0.2, -0.15) is 0 Å². The molecule has 0 aromatic heterocycles. The Balaban J connectivity index is 0.000000621. The molecule has 0 aliphatic heterocycles. The van der Waals surface area contributed by atoms with Crippen molar-refractivity contribution in [3.63, 3.8) is 0 Å². The van der Waals surface area contributed by atoms with Crippen LogP contribution in [0.4, 0.5) is 0 Å². The van der Waals surface area contributed by atoms with Crippen LogP contribution in [0.15, 0.2) is 30.3 Å². The molecule has 0 aliphatic rings. The lowest BCUT2D eigenvalue weighted by atomic mass is 10.2. The van der Waals surface area contributed by atoms with Crippen molar-refractivity contribution in [2.45, 2.75) is 58.0 Å². The minimum Gasteiger partial charge on any atom is -0.481 e. The molecule has 0 bridgehead atoms. The fourth-order valence-corrected chi connectivity index (χ4v) is 2.00. The average molecular weight is 396 g/mol. The number of benzene rings is 1. The second kappa shape index (κ2) is 16.3. The van der Waals surface area contributed by atoms with Gasteiger partial charge < -0.3 is 19.7 Å². The number of carboxylic acid groups (broad SMARTS) is 2. The van der Waals surface area contributed by atoms with Gasteiger partial charge in [-0.05, 0) is 31.2 Å². The summed E-state index contributed by atoms with van der Waals surface area (Å²) in [7, 11) is 1.36. The fourth-order valence-electron chi connectivity index (χ4n) is 2.00. The van der Waals surface area contributed by atoms with Crippen LogP contribution in [0.2, 0.25) is 0 Å². The molecular formula is C20H28O8. The summed E-state index contributed by atoms with van der Waals surface area (Å²) >= 11 is 0. The predicted molar refractivity (Wildman–Crippen MR) is 100 cm³/mol. The van der Waals surface area contributed by atoms with Crippen molar-refractivity contribution in [3.05, 3.63) is 35.9 Å². The molecule has 156 valence electrons. The number of ether oxygens (including phenoxy) is 2. The molecular weight excluding hydrogens is 368 g/mol. The monoisotopic (exact) mass is 396 g/mol. The first-order valence-electron chi connectivity index (χ1n) is 9.05. The van der Waals surface area contributed by atoms with Crippen molar-refractivity contribution >= 4 is 23.9 Å². The van der Waals surface area contributed by atoms with E-state index in [1.165, 1.54) is 7.11 Å². The molecule has 1 aromatic carbocycles. The second-order valence-electron chi connectivity index (χ2n) is 5.92. The van der Waals surface area contributed by atoms with Gasteiger partial charge >= 0.3 is 23.9 Å². The molecule has 0 unspecified atom stereocenters. The summed E-state index contributed by atoms with van der Waals surface area (Å²) < 4.78 is 9.61. The van der Waals surface area contributed by atoms with E-state index in [0.29, 0.717) is 45.1 Å². The molecule has 8 nitrogen and oxygen atoms in total. The van der Waals surface area contributed by atoms with Gasteiger partial charge in [-0.3, -0.25) is 19.2 Å². The van der Waals surface area contributed by atoms with Crippen molar-refractivity contribution in [1.82, 2.24) is 0 Å². The summed E-state index contributed by atoms with van der Waals surface area (Å²) in [6.07, 6.45) is 2.99. The largest absolute Gasteiger partial charge is 0.481 e. The van der Waals surface area contributed by atoms with Crippen LogP contribution in [0, 0.1) is 0 Å². The number of carbonyl (C=O) groups excluding carboxylic acids is 2. The Morgan fingerprint density at radius 1 is 0.750 bits per heavy atom. The molecule has 0 heterocycles. The van der Waals surface area contributed by atoms with Crippen LogP contribution in [0.3, 0.4) is 0 Å². The lowest BCUT2D eigenvalue weighted by Crippen LogP contribution is -2.05. The number of rotatable bonds is 12. The van der Waals surface area contributed by atoms with Crippen LogP contribution < -0.4 is 0 Å². The van der Waals surface area contributed by atoms with Gasteiger partial charge in [0.15, 0.2) is 0 Å². The van der Waals surface area contributed by atoms with Crippen molar-refractivity contribution < 1.29 is 38.9 Å². The van der Waals surface area contributed by atoms with E-state index in [-0.39, 0.29) is 24.8 Å². The molecule has 28 heavy (non-hydrogen) atoms. The Bertz CT molecular complexity index is 581. The Kier molecular flexibility index (Phi) is 14.6. The van der Waals surface area contributed by atoms with Gasteiger partial charge in [0.25, 0.3) is 0 Å². The summed E-state index contributed by atoms with van der Waals surface area (Å²) in [6.45, 7) is 0.302. The standard InChI is InChI=1S/C14H18O4.C6H10O4/c1-17-13(15)9-5-6-10-14(16)18-11-12-7-3-2-4-8-12;7-5(8)3-1-2-4-6(9)10/h2-4,7-8H,5-6,9-11H2,1H3;1-4H2,(H,7,8)(H,9,10). The van der Waals surface area contributed by atoms with E-state index in [0.717, 1.165) is 5.56 Å². The molecule has 0 aliphatic carbocycles. The topological polar surface area (TPSA) is 127 Å². The number of hydrogen-bond acceptors (Lipinski definition) is 6. The number of methoxy groups -OCH3 is 1. The smallest absolute Gasteiger partial charge is 0.306 e. The molecule has 2 N–H and O–H groups in total. The Morgan fingerprint density at radius 3 is 1.68 bits per heavy atom. The molecule has 0 spiro atoms. The van der Waals surface area contributed by atoms with Crippen LogP contribution in [0.25, 0.3) is 0 Å². The number of aliphatic carboxylic acids is 2. The van der Waals surface area contributed by atoms with Crippen LogP contribution in [0.1, 0.15) is 56.9 Å². The highest BCUT2D eigenvalue weighted by Gasteiger charge is 2.05. The van der Waals surface area contributed by atoms with E-state index in [1.807, 2.05) is 30.3 Å². The molecule has 1 aromatic rings. The van der Waals surface area contributed by atoms with Gasteiger partial charge in [-0.15, -0.1) is 0 Å². The van der Waals surface area contributed by atoms with Crippen molar-refractivity contribution in [2.24, 2.45) is 0 Å². The SMILES string of the molecule is COC(=O)CCCCC(=O)OCc1ccccc1.O=C(O)CCCCC(=O)O. The molecule has 0 radical (unpaired) electrons.